The van der Waals surface area contributed by atoms with Crippen LogP contribution in [0.5, 0.6) is 0 Å². The van der Waals surface area contributed by atoms with Crippen LogP contribution in [-0.4, -0.2) is 60.9 Å². The molecule has 3 aromatic carbocycles. The maximum Gasteiger partial charge on any atom is 0.0808 e. The van der Waals surface area contributed by atoms with Crippen molar-refractivity contribution in [1.29, 1.82) is 0 Å². The van der Waals surface area contributed by atoms with Crippen LogP contribution in [0, 0.1) is 0 Å². The van der Waals surface area contributed by atoms with Crippen LogP contribution in [-0.2, 0) is 0 Å². The number of alkyl halides is 2. The lowest BCUT2D eigenvalue weighted by Gasteiger charge is -2.19. The zero-order valence-electron chi connectivity index (χ0n) is 19.4. The number of fused-ring (bicyclic) bond motifs is 4. The number of hydrogen-bond donors (Lipinski definition) is 2. The second kappa shape index (κ2) is 13.9. The lowest BCUT2D eigenvalue weighted by Crippen LogP contribution is -2.31. The van der Waals surface area contributed by atoms with Crippen LogP contribution < -0.4 is 10.6 Å². The van der Waals surface area contributed by atoms with E-state index < -0.39 is 0 Å². The fraction of sp³-hybridized carbons (Fsp3) is 0.370. The Hall–Kier alpha value is -1.82. The lowest BCUT2D eigenvalue weighted by atomic mass is 10.0. The Balaban J connectivity index is 0.00000324. The van der Waals surface area contributed by atoms with Crippen molar-refractivity contribution in [2.24, 2.45) is 0 Å². The number of para-hydroxylation sites is 1. The fourth-order valence-corrected chi connectivity index (χ4v) is 4.85. The first-order valence-corrected chi connectivity index (χ1v) is 12.9. The number of rotatable bonds is 13. The minimum atomic E-state index is 0. The van der Waals surface area contributed by atoms with E-state index in [0.29, 0.717) is 11.8 Å². The fourth-order valence-electron chi connectivity index (χ4n) is 4.37. The minimum Gasteiger partial charge on any atom is -0.384 e. The predicted molar refractivity (Wildman–Crippen MR) is 152 cm³/mol. The van der Waals surface area contributed by atoms with Crippen LogP contribution in [0.2, 0.25) is 0 Å². The molecule has 4 nitrogen and oxygen atoms in total. The van der Waals surface area contributed by atoms with Crippen LogP contribution >= 0.6 is 35.6 Å². The third-order valence-electron chi connectivity index (χ3n) is 6.04. The topological polar surface area (TPSA) is 40.2 Å². The van der Waals surface area contributed by atoms with Gasteiger partial charge in [0.15, 0.2) is 0 Å². The molecule has 182 valence electrons. The molecule has 34 heavy (non-hydrogen) atoms. The summed E-state index contributed by atoms with van der Waals surface area (Å²) in [5.74, 6) is 1.31. The van der Waals surface area contributed by atoms with Crippen LogP contribution in [0.15, 0.2) is 60.7 Å². The van der Waals surface area contributed by atoms with E-state index in [-0.39, 0.29) is 12.4 Å². The maximum atomic E-state index is 5.87. The highest BCUT2D eigenvalue weighted by Gasteiger charge is 2.11. The summed E-state index contributed by atoms with van der Waals surface area (Å²) in [6.07, 6.45) is 2.16. The smallest absolute Gasteiger partial charge is 0.0808 e. The van der Waals surface area contributed by atoms with Gasteiger partial charge in [0, 0.05) is 47.6 Å². The Morgan fingerprint density at radius 3 is 2.21 bits per heavy atom. The van der Waals surface area contributed by atoms with Crippen LogP contribution in [0.25, 0.3) is 32.6 Å². The maximum absolute atomic E-state index is 5.87. The SMILES string of the molecule is Cl.ClCCN(CCCl)CCCNCCCNc1c2ccccc2nc2c1ccc1ccccc12. The number of hydrogen-bond acceptors (Lipinski definition) is 4. The van der Waals surface area contributed by atoms with E-state index in [4.69, 9.17) is 28.2 Å². The molecule has 2 N–H and O–H groups in total. The van der Waals surface area contributed by atoms with Crippen molar-refractivity contribution in [2.75, 3.05) is 56.3 Å². The number of benzene rings is 3. The van der Waals surface area contributed by atoms with E-state index in [1.165, 1.54) is 27.2 Å². The first-order valence-electron chi connectivity index (χ1n) is 11.8. The largest absolute Gasteiger partial charge is 0.384 e. The zero-order valence-corrected chi connectivity index (χ0v) is 21.7. The number of aromatic nitrogens is 1. The molecule has 0 atom stereocenters. The summed E-state index contributed by atoms with van der Waals surface area (Å²) in [6, 6.07) is 21.3. The minimum absolute atomic E-state index is 0. The molecule has 1 aromatic heterocycles. The molecule has 0 aliphatic carbocycles. The lowest BCUT2D eigenvalue weighted by molar-refractivity contribution is 0.301. The Morgan fingerprint density at radius 2 is 1.41 bits per heavy atom. The molecule has 0 saturated carbocycles. The highest BCUT2D eigenvalue weighted by atomic mass is 35.5. The third kappa shape index (κ3) is 6.65. The second-order valence-corrected chi connectivity index (χ2v) is 9.05. The van der Waals surface area contributed by atoms with Crippen molar-refractivity contribution in [1.82, 2.24) is 15.2 Å². The van der Waals surface area contributed by atoms with Crippen molar-refractivity contribution in [3.63, 3.8) is 0 Å². The molecule has 0 bridgehead atoms. The molecular weight excluding hydrogens is 487 g/mol. The molecule has 4 aromatic rings. The van der Waals surface area contributed by atoms with E-state index in [1.54, 1.807) is 0 Å². The Kier molecular flexibility index (Phi) is 11.0. The molecule has 7 heteroatoms. The average Bonchev–Trinajstić information content (AvgIpc) is 2.85. The molecule has 0 radical (unpaired) electrons. The Labute approximate surface area is 218 Å². The number of nitrogens with one attached hydrogen (secondary N) is 2. The highest BCUT2D eigenvalue weighted by Crippen LogP contribution is 2.34. The summed E-state index contributed by atoms with van der Waals surface area (Å²) in [5, 5.41) is 12.1. The summed E-state index contributed by atoms with van der Waals surface area (Å²) in [5.41, 5.74) is 3.27. The number of halogens is 3. The molecule has 0 amide bonds. The van der Waals surface area contributed by atoms with E-state index >= 15 is 0 Å². The predicted octanol–water partition coefficient (Wildman–Crippen LogP) is 6.52. The van der Waals surface area contributed by atoms with Crippen molar-refractivity contribution in [3.8, 4) is 0 Å². The summed E-state index contributed by atoms with van der Waals surface area (Å²) in [4.78, 5) is 7.34. The second-order valence-electron chi connectivity index (χ2n) is 8.29. The molecular formula is C27H33Cl3N4. The summed E-state index contributed by atoms with van der Waals surface area (Å²) >= 11 is 11.7. The average molecular weight is 520 g/mol. The van der Waals surface area contributed by atoms with Gasteiger partial charge in [0.05, 0.1) is 16.7 Å². The number of anilines is 1. The number of pyridine rings is 1. The van der Waals surface area contributed by atoms with Crippen LogP contribution in [0.3, 0.4) is 0 Å². The van der Waals surface area contributed by atoms with Gasteiger partial charge in [-0.2, -0.15) is 0 Å². The summed E-state index contributed by atoms with van der Waals surface area (Å²) in [7, 11) is 0. The summed E-state index contributed by atoms with van der Waals surface area (Å²) in [6.45, 7) is 5.75. The highest BCUT2D eigenvalue weighted by molar-refractivity contribution is 6.18. The molecule has 0 spiro atoms. The van der Waals surface area contributed by atoms with Gasteiger partial charge >= 0.3 is 0 Å². The summed E-state index contributed by atoms with van der Waals surface area (Å²) < 4.78 is 0. The standard InChI is InChI=1S/C27H32Cl2N4.ClH/c28-13-19-33(20-14-29)18-6-16-30-15-5-17-31-26-23-9-3-4-10-25(23)32-27-22-8-2-1-7-21(22)11-12-24(26)27;/h1-4,7-12,30H,5-6,13-20H2,(H,31,32);1H. The van der Waals surface area contributed by atoms with Gasteiger partial charge in [0.2, 0.25) is 0 Å². The van der Waals surface area contributed by atoms with Crippen molar-refractivity contribution in [2.45, 2.75) is 12.8 Å². The molecule has 0 unspecified atom stereocenters. The van der Waals surface area contributed by atoms with Gasteiger partial charge in [-0.15, -0.1) is 35.6 Å². The molecule has 4 rings (SSSR count). The quantitative estimate of drug-likeness (QED) is 0.0912. The Bertz CT molecular complexity index is 1180. The van der Waals surface area contributed by atoms with Gasteiger partial charge in [-0.1, -0.05) is 54.6 Å². The monoisotopic (exact) mass is 518 g/mol. The first kappa shape index (κ1) is 26.8. The molecule has 0 saturated heterocycles. The van der Waals surface area contributed by atoms with E-state index in [0.717, 1.165) is 63.1 Å². The third-order valence-corrected chi connectivity index (χ3v) is 6.38. The van der Waals surface area contributed by atoms with Gasteiger partial charge in [0.25, 0.3) is 0 Å². The van der Waals surface area contributed by atoms with Gasteiger partial charge < -0.3 is 15.5 Å². The van der Waals surface area contributed by atoms with E-state index in [9.17, 15) is 0 Å². The van der Waals surface area contributed by atoms with Crippen LogP contribution in [0.4, 0.5) is 5.69 Å². The van der Waals surface area contributed by atoms with Crippen molar-refractivity contribution in [3.05, 3.63) is 60.7 Å². The van der Waals surface area contributed by atoms with Crippen molar-refractivity contribution < 1.29 is 0 Å². The van der Waals surface area contributed by atoms with Gasteiger partial charge in [-0.25, -0.2) is 4.98 Å². The molecule has 0 aliphatic rings. The molecule has 1 heterocycles. The first-order chi connectivity index (χ1) is 16.3. The number of nitrogens with zero attached hydrogens (tertiary/aromatic N) is 2. The Morgan fingerprint density at radius 1 is 0.706 bits per heavy atom. The normalized spacial score (nSPS) is 11.4. The van der Waals surface area contributed by atoms with Gasteiger partial charge in [-0.3, -0.25) is 0 Å². The molecule has 0 fully saturated rings. The van der Waals surface area contributed by atoms with Gasteiger partial charge in [0.1, 0.15) is 0 Å². The van der Waals surface area contributed by atoms with Crippen LogP contribution in [0.1, 0.15) is 12.8 Å². The van der Waals surface area contributed by atoms with E-state index in [1.807, 2.05) is 0 Å². The zero-order chi connectivity index (χ0) is 22.9. The van der Waals surface area contributed by atoms with Crippen molar-refractivity contribution >= 4 is 73.9 Å². The van der Waals surface area contributed by atoms with E-state index in [2.05, 4.69) is 76.2 Å². The van der Waals surface area contributed by atoms with Gasteiger partial charge in [-0.05, 0) is 43.9 Å². The molecule has 0 aliphatic heterocycles.